The molecule has 34 heavy (non-hydrogen) atoms. The van der Waals surface area contributed by atoms with Crippen molar-refractivity contribution in [3.8, 4) is 11.5 Å². The van der Waals surface area contributed by atoms with Crippen LogP contribution in [0.25, 0.3) is 6.08 Å². The maximum absolute atomic E-state index is 13.0. The van der Waals surface area contributed by atoms with Gasteiger partial charge in [0.2, 0.25) is 0 Å². The fourth-order valence-corrected chi connectivity index (χ4v) is 4.48. The molecule has 1 N–H and O–H groups in total. The molecule has 0 spiro atoms. The molecule has 9 heteroatoms. The maximum Gasteiger partial charge on any atom is 0.270 e. The molecule has 1 aliphatic heterocycles. The number of nitrogens with one attached hydrogen (secondary N) is 1. The minimum atomic E-state index is -0.401. The van der Waals surface area contributed by atoms with Crippen molar-refractivity contribution in [3.05, 3.63) is 89.1 Å². The number of hydrogen-bond donors (Lipinski definition) is 1. The van der Waals surface area contributed by atoms with Gasteiger partial charge >= 0.3 is 0 Å². The molecule has 0 saturated carbocycles. The summed E-state index contributed by atoms with van der Waals surface area (Å²) in [7, 11) is 1.49. The summed E-state index contributed by atoms with van der Waals surface area (Å²) in [5, 5.41) is 2.63. The van der Waals surface area contributed by atoms with Crippen molar-refractivity contribution < 1.29 is 23.5 Å². The molecular weight excluding hydrogens is 475 g/mol. The van der Waals surface area contributed by atoms with Gasteiger partial charge in [-0.25, -0.2) is 4.39 Å². The molecule has 0 bridgehead atoms. The third-order valence-corrected chi connectivity index (χ3v) is 6.08. The van der Waals surface area contributed by atoms with Gasteiger partial charge < -0.3 is 14.8 Å². The number of hydrogen-bond acceptors (Lipinski definition) is 6. The molecule has 1 aliphatic rings. The summed E-state index contributed by atoms with van der Waals surface area (Å²) in [6.07, 6.45) is 1.73. The molecule has 0 unspecified atom stereocenters. The Bertz CT molecular complexity index is 1260. The molecule has 1 heterocycles. The normalized spacial score (nSPS) is 14.4. The topological polar surface area (TPSA) is 67.9 Å². The van der Waals surface area contributed by atoms with E-state index in [9.17, 15) is 14.0 Å². The van der Waals surface area contributed by atoms with Crippen LogP contribution in [0, 0.1) is 5.82 Å². The van der Waals surface area contributed by atoms with Crippen LogP contribution in [0.5, 0.6) is 11.5 Å². The van der Waals surface area contributed by atoms with Crippen molar-refractivity contribution in [1.29, 1.82) is 0 Å². The highest BCUT2D eigenvalue weighted by molar-refractivity contribution is 8.27. The Balaban J connectivity index is 1.44. The van der Waals surface area contributed by atoms with Crippen molar-refractivity contribution in [2.24, 2.45) is 0 Å². The zero-order chi connectivity index (χ0) is 24.1. The molecule has 6 nitrogen and oxygen atoms in total. The smallest absolute Gasteiger partial charge is 0.270 e. The van der Waals surface area contributed by atoms with Gasteiger partial charge in [-0.2, -0.15) is 0 Å². The largest absolute Gasteiger partial charge is 0.493 e. The summed E-state index contributed by atoms with van der Waals surface area (Å²) in [6, 6.07) is 19.8. The number of para-hydroxylation sites is 1. The Hall–Kier alpha value is -3.69. The predicted octanol–water partition coefficient (Wildman–Crippen LogP) is 5.26. The fourth-order valence-electron chi connectivity index (χ4n) is 3.19. The molecule has 3 aromatic rings. The molecule has 0 aromatic heterocycles. The molecule has 0 atom stereocenters. The summed E-state index contributed by atoms with van der Waals surface area (Å²) in [5.74, 6) is -0.214. The standard InChI is InChI=1S/C25H19FN2O4S2/c1-31-21-13-16(14-22-24(30)28(25(33)34-22)19-5-3-2-4-6-19)7-12-20(21)32-15-23(29)27-18-10-8-17(26)9-11-18/h2-14H,15H2,1H3,(H,27,29)/b22-14+. The molecule has 2 amide bonds. The average Bonchev–Trinajstić information content (AvgIpc) is 3.12. The first kappa shape index (κ1) is 23.5. The van der Waals surface area contributed by atoms with Crippen molar-refractivity contribution in [3.63, 3.8) is 0 Å². The number of halogens is 1. The van der Waals surface area contributed by atoms with Crippen LogP contribution in [-0.2, 0) is 9.59 Å². The molecular formula is C25H19FN2O4S2. The van der Waals surface area contributed by atoms with E-state index in [2.05, 4.69) is 5.32 Å². The van der Waals surface area contributed by atoms with E-state index in [1.165, 1.54) is 48.0 Å². The molecule has 3 aromatic carbocycles. The summed E-state index contributed by atoms with van der Waals surface area (Å²) < 4.78 is 24.4. The Morgan fingerprint density at radius 2 is 1.82 bits per heavy atom. The van der Waals surface area contributed by atoms with Crippen LogP contribution in [0.4, 0.5) is 15.8 Å². The number of nitrogens with zero attached hydrogens (tertiary/aromatic N) is 1. The van der Waals surface area contributed by atoms with Gasteiger partial charge in [0.05, 0.1) is 17.7 Å². The van der Waals surface area contributed by atoms with E-state index in [0.29, 0.717) is 37.7 Å². The Morgan fingerprint density at radius 1 is 1.09 bits per heavy atom. The van der Waals surface area contributed by atoms with Crippen molar-refractivity contribution in [1.82, 2.24) is 0 Å². The Morgan fingerprint density at radius 3 is 2.53 bits per heavy atom. The van der Waals surface area contributed by atoms with E-state index in [1.54, 1.807) is 24.3 Å². The second kappa shape index (κ2) is 10.5. The number of ether oxygens (including phenoxy) is 2. The second-order valence-electron chi connectivity index (χ2n) is 7.11. The number of anilines is 2. The van der Waals surface area contributed by atoms with Crippen LogP contribution >= 0.6 is 24.0 Å². The summed E-state index contributed by atoms with van der Waals surface area (Å²) >= 11 is 6.63. The van der Waals surface area contributed by atoms with E-state index < -0.39 is 5.91 Å². The number of amides is 2. The lowest BCUT2D eigenvalue weighted by Gasteiger charge is -2.14. The molecule has 1 saturated heterocycles. The Labute approximate surface area is 205 Å². The third-order valence-electron chi connectivity index (χ3n) is 4.78. The lowest BCUT2D eigenvalue weighted by Crippen LogP contribution is -2.27. The maximum atomic E-state index is 13.0. The molecule has 4 rings (SSSR count). The SMILES string of the molecule is COc1cc(/C=C2/SC(=S)N(c3ccccc3)C2=O)ccc1OCC(=O)Nc1ccc(F)cc1. The minimum absolute atomic E-state index is 0.196. The number of thiocarbonyl (C=S) groups is 1. The van der Waals surface area contributed by atoms with Crippen molar-refractivity contribution in [2.75, 3.05) is 23.9 Å². The number of rotatable bonds is 7. The fraction of sp³-hybridized carbons (Fsp3) is 0.0800. The lowest BCUT2D eigenvalue weighted by atomic mass is 10.2. The lowest BCUT2D eigenvalue weighted by molar-refractivity contribution is -0.118. The number of thioether (sulfide) groups is 1. The van der Waals surface area contributed by atoms with Crippen LogP contribution in [-0.4, -0.2) is 29.9 Å². The Kier molecular flexibility index (Phi) is 7.24. The first-order chi connectivity index (χ1) is 16.4. The quantitative estimate of drug-likeness (QED) is 0.357. The zero-order valence-corrected chi connectivity index (χ0v) is 19.6. The number of methoxy groups -OCH3 is 1. The highest BCUT2D eigenvalue weighted by Crippen LogP contribution is 2.37. The first-order valence-corrected chi connectivity index (χ1v) is 11.4. The van der Waals surface area contributed by atoms with E-state index in [-0.39, 0.29) is 18.3 Å². The second-order valence-corrected chi connectivity index (χ2v) is 8.78. The molecule has 0 aliphatic carbocycles. The predicted molar refractivity (Wildman–Crippen MR) is 136 cm³/mol. The average molecular weight is 495 g/mol. The summed E-state index contributed by atoms with van der Waals surface area (Å²) in [6.45, 7) is -0.261. The molecule has 1 fully saturated rings. The van der Waals surface area contributed by atoms with Gasteiger partial charge in [0, 0.05) is 5.69 Å². The van der Waals surface area contributed by atoms with Gasteiger partial charge in [-0.05, 0) is 60.2 Å². The van der Waals surface area contributed by atoms with Crippen LogP contribution in [0.3, 0.4) is 0 Å². The number of carbonyl (C=O) groups excluding carboxylic acids is 2. The van der Waals surface area contributed by atoms with E-state index in [0.717, 1.165) is 0 Å². The van der Waals surface area contributed by atoms with Crippen molar-refractivity contribution >= 4 is 57.6 Å². The van der Waals surface area contributed by atoms with Crippen LogP contribution in [0.15, 0.2) is 77.7 Å². The van der Waals surface area contributed by atoms with Gasteiger partial charge in [0.15, 0.2) is 22.4 Å². The first-order valence-electron chi connectivity index (χ1n) is 10.1. The van der Waals surface area contributed by atoms with Crippen LogP contribution in [0.2, 0.25) is 0 Å². The zero-order valence-electron chi connectivity index (χ0n) is 18.0. The highest BCUT2D eigenvalue weighted by Gasteiger charge is 2.33. The van der Waals surface area contributed by atoms with Gasteiger partial charge in [-0.15, -0.1) is 0 Å². The highest BCUT2D eigenvalue weighted by atomic mass is 32.2. The molecule has 0 radical (unpaired) electrons. The van der Waals surface area contributed by atoms with E-state index in [1.807, 2.05) is 30.3 Å². The van der Waals surface area contributed by atoms with E-state index >= 15 is 0 Å². The summed E-state index contributed by atoms with van der Waals surface area (Å²) in [5.41, 5.74) is 1.90. The number of benzene rings is 3. The van der Waals surface area contributed by atoms with Gasteiger partial charge in [-0.1, -0.05) is 48.2 Å². The van der Waals surface area contributed by atoms with Gasteiger partial charge in [-0.3, -0.25) is 14.5 Å². The molecule has 172 valence electrons. The summed E-state index contributed by atoms with van der Waals surface area (Å²) in [4.78, 5) is 27.1. The minimum Gasteiger partial charge on any atom is -0.493 e. The van der Waals surface area contributed by atoms with Gasteiger partial charge in [0.25, 0.3) is 11.8 Å². The monoisotopic (exact) mass is 494 g/mol. The van der Waals surface area contributed by atoms with Crippen molar-refractivity contribution in [2.45, 2.75) is 0 Å². The van der Waals surface area contributed by atoms with Gasteiger partial charge in [0.1, 0.15) is 5.82 Å². The number of carbonyl (C=O) groups is 2. The van der Waals surface area contributed by atoms with E-state index in [4.69, 9.17) is 21.7 Å². The third kappa shape index (κ3) is 5.44. The van der Waals surface area contributed by atoms with Crippen LogP contribution in [0.1, 0.15) is 5.56 Å². The van der Waals surface area contributed by atoms with Crippen LogP contribution < -0.4 is 19.7 Å².